The first kappa shape index (κ1) is 31.2. The number of Topliss-reactive ketones (excluding diaryl/α,β-unsaturated/α-hetero) is 2. The van der Waals surface area contributed by atoms with Crippen molar-refractivity contribution in [1.82, 2.24) is 15.8 Å². The van der Waals surface area contributed by atoms with Crippen molar-refractivity contribution < 1.29 is 28.4 Å². The number of amides is 2. The van der Waals surface area contributed by atoms with E-state index >= 15 is 0 Å². The fourth-order valence-electron chi connectivity index (χ4n) is 4.67. The Labute approximate surface area is 236 Å². The topological polar surface area (TPSA) is 128 Å². The smallest absolute Gasteiger partial charge is 0.274 e. The Bertz CT molecular complexity index is 1170. The molecule has 9 heteroatoms. The number of hydrogen-bond acceptors (Lipinski definition) is 7. The minimum atomic E-state index is -0.985. The van der Waals surface area contributed by atoms with Crippen LogP contribution in [0.15, 0.2) is 40.9 Å². The van der Waals surface area contributed by atoms with Crippen LogP contribution in [0.25, 0.3) is 0 Å². The van der Waals surface area contributed by atoms with Crippen LogP contribution in [0.4, 0.5) is 0 Å². The summed E-state index contributed by atoms with van der Waals surface area (Å²) in [6, 6.07) is 9.40. The van der Waals surface area contributed by atoms with Gasteiger partial charge in [0, 0.05) is 36.8 Å². The van der Waals surface area contributed by atoms with Crippen molar-refractivity contribution in [3.8, 4) is 0 Å². The van der Waals surface area contributed by atoms with Gasteiger partial charge in [0.2, 0.25) is 5.91 Å². The molecule has 2 aromatic rings. The van der Waals surface area contributed by atoms with E-state index in [0.29, 0.717) is 18.6 Å². The van der Waals surface area contributed by atoms with Crippen molar-refractivity contribution in [2.45, 2.75) is 84.7 Å². The third kappa shape index (κ3) is 8.58. The molecule has 1 aliphatic rings. The molecule has 1 heterocycles. The molecule has 0 radical (unpaired) electrons. The van der Waals surface area contributed by atoms with Gasteiger partial charge in [-0.05, 0) is 37.2 Å². The summed E-state index contributed by atoms with van der Waals surface area (Å²) in [5, 5.41) is 9.49. The lowest BCUT2D eigenvalue weighted by Gasteiger charge is -2.26. The van der Waals surface area contributed by atoms with Gasteiger partial charge in [-0.3, -0.25) is 19.2 Å². The molecule has 1 aliphatic carbocycles. The van der Waals surface area contributed by atoms with Gasteiger partial charge in [-0.25, -0.2) is 0 Å². The Hall–Kier alpha value is -3.33. The Morgan fingerprint density at radius 3 is 2.25 bits per heavy atom. The average molecular weight is 554 g/mol. The van der Waals surface area contributed by atoms with Gasteiger partial charge in [-0.1, -0.05) is 70.1 Å². The Balaban J connectivity index is 1.78. The maximum Gasteiger partial charge on any atom is 0.274 e. The minimum Gasteiger partial charge on any atom is -0.382 e. The van der Waals surface area contributed by atoms with E-state index < -0.39 is 23.9 Å². The highest BCUT2D eigenvalue weighted by Gasteiger charge is 2.48. The van der Waals surface area contributed by atoms with Crippen molar-refractivity contribution in [2.75, 3.05) is 13.7 Å². The number of ketones is 2. The minimum absolute atomic E-state index is 0.0524. The first-order chi connectivity index (χ1) is 18.9. The van der Waals surface area contributed by atoms with Crippen LogP contribution in [-0.2, 0) is 25.5 Å². The zero-order valence-corrected chi connectivity index (χ0v) is 24.5. The van der Waals surface area contributed by atoms with Crippen LogP contribution in [0.2, 0.25) is 0 Å². The van der Waals surface area contributed by atoms with Crippen LogP contribution < -0.4 is 10.6 Å². The molecule has 2 amide bonds. The lowest BCUT2D eigenvalue weighted by atomic mass is 9.88. The third-order valence-electron chi connectivity index (χ3n) is 7.44. The maximum absolute atomic E-state index is 13.7. The molecule has 3 atom stereocenters. The molecule has 0 bridgehead atoms. The summed E-state index contributed by atoms with van der Waals surface area (Å²) >= 11 is 0. The standard InChI is InChI=1S/C31H43N3O6/c1-19(2)14-23(28(36)31(5)12-13-31)32-29(37)22(15-21-10-8-7-9-11-21)16-26(35)25(18-39-6)33-30(38)24-17-27(20(3)4)40-34-24/h7-11,17,19-20,22-23,25H,12-16,18H2,1-6H3,(H,32,37)(H,33,38)/t22-,23+,25+/m1/s1. The van der Waals surface area contributed by atoms with Gasteiger partial charge in [-0.2, -0.15) is 0 Å². The quantitative estimate of drug-likeness (QED) is 0.318. The molecular weight excluding hydrogens is 510 g/mol. The number of aromatic nitrogens is 1. The van der Waals surface area contributed by atoms with Gasteiger partial charge in [0.05, 0.1) is 12.6 Å². The van der Waals surface area contributed by atoms with Crippen molar-refractivity contribution in [3.63, 3.8) is 0 Å². The summed E-state index contributed by atoms with van der Waals surface area (Å²) in [7, 11) is 1.44. The second-order valence-corrected chi connectivity index (χ2v) is 11.9. The van der Waals surface area contributed by atoms with E-state index in [4.69, 9.17) is 9.26 Å². The summed E-state index contributed by atoms with van der Waals surface area (Å²) in [6.07, 6.45) is 2.36. The van der Waals surface area contributed by atoms with Crippen LogP contribution in [-0.4, -0.2) is 54.3 Å². The highest BCUT2D eigenvalue weighted by atomic mass is 16.5. The van der Waals surface area contributed by atoms with Crippen LogP contribution in [0.1, 0.15) is 88.0 Å². The van der Waals surface area contributed by atoms with Gasteiger partial charge >= 0.3 is 0 Å². The van der Waals surface area contributed by atoms with E-state index in [1.165, 1.54) is 7.11 Å². The molecule has 1 aromatic heterocycles. The maximum atomic E-state index is 13.7. The number of carbonyl (C=O) groups is 4. The molecule has 1 aromatic carbocycles. The predicted molar refractivity (Wildman–Crippen MR) is 151 cm³/mol. The SMILES string of the molecule is COC[C@H](NC(=O)c1cc(C(C)C)on1)C(=O)C[C@@H](Cc1ccccc1)C(=O)N[C@@H](CC(C)C)C(=O)C1(C)CC1. The highest BCUT2D eigenvalue weighted by Crippen LogP contribution is 2.47. The molecule has 218 valence electrons. The summed E-state index contributed by atoms with van der Waals surface area (Å²) in [4.78, 5) is 53.2. The first-order valence-corrected chi connectivity index (χ1v) is 14.1. The molecule has 1 fully saturated rings. The van der Waals surface area contributed by atoms with Gasteiger partial charge in [0.1, 0.15) is 11.8 Å². The first-order valence-electron chi connectivity index (χ1n) is 14.1. The Kier molecular flexibility index (Phi) is 10.8. The summed E-state index contributed by atoms with van der Waals surface area (Å²) in [5.41, 5.74) is 0.578. The second-order valence-electron chi connectivity index (χ2n) is 11.9. The molecular formula is C31H43N3O6. The van der Waals surface area contributed by atoms with Crippen LogP contribution >= 0.6 is 0 Å². The number of hydrogen-bond donors (Lipinski definition) is 2. The van der Waals surface area contributed by atoms with Crippen molar-refractivity contribution in [2.24, 2.45) is 17.3 Å². The van der Waals surface area contributed by atoms with Crippen molar-refractivity contribution >= 4 is 23.4 Å². The molecule has 0 unspecified atom stereocenters. The van der Waals surface area contributed by atoms with Gasteiger partial charge < -0.3 is 19.9 Å². The largest absolute Gasteiger partial charge is 0.382 e. The fraction of sp³-hybridized carbons (Fsp3) is 0.581. The monoisotopic (exact) mass is 553 g/mol. The summed E-state index contributed by atoms with van der Waals surface area (Å²) < 4.78 is 10.4. The van der Waals surface area contributed by atoms with E-state index in [-0.39, 0.29) is 53.4 Å². The second kappa shape index (κ2) is 13.8. The van der Waals surface area contributed by atoms with E-state index in [0.717, 1.165) is 18.4 Å². The van der Waals surface area contributed by atoms with E-state index in [9.17, 15) is 19.2 Å². The number of methoxy groups -OCH3 is 1. The highest BCUT2D eigenvalue weighted by molar-refractivity contribution is 5.98. The van der Waals surface area contributed by atoms with E-state index in [1.54, 1.807) is 6.07 Å². The van der Waals surface area contributed by atoms with Crippen molar-refractivity contribution in [1.29, 1.82) is 0 Å². The third-order valence-corrected chi connectivity index (χ3v) is 7.44. The van der Waals surface area contributed by atoms with Crippen LogP contribution in [0.3, 0.4) is 0 Å². The van der Waals surface area contributed by atoms with Crippen LogP contribution in [0.5, 0.6) is 0 Å². The Morgan fingerprint density at radius 1 is 1.02 bits per heavy atom. The van der Waals surface area contributed by atoms with Crippen molar-refractivity contribution in [3.05, 3.63) is 53.4 Å². The summed E-state index contributed by atoms with van der Waals surface area (Å²) in [6.45, 7) is 9.75. The van der Waals surface area contributed by atoms with Gasteiger partial charge in [0.25, 0.3) is 5.91 Å². The normalized spacial score (nSPS) is 16.3. The van der Waals surface area contributed by atoms with E-state index in [2.05, 4.69) is 15.8 Å². The fourth-order valence-corrected chi connectivity index (χ4v) is 4.67. The molecule has 0 aliphatic heterocycles. The molecule has 40 heavy (non-hydrogen) atoms. The lowest BCUT2D eigenvalue weighted by Crippen LogP contribution is -2.49. The average Bonchev–Trinajstić information content (AvgIpc) is 3.45. The molecule has 0 spiro atoms. The van der Waals surface area contributed by atoms with Crippen LogP contribution in [0, 0.1) is 17.3 Å². The molecule has 9 nitrogen and oxygen atoms in total. The lowest BCUT2D eigenvalue weighted by molar-refractivity contribution is -0.134. The number of carbonyl (C=O) groups excluding carboxylic acids is 4. The number of rotatable bonds is 16. The molecule has 2 N–H and O–H groups in total. The zero-order chi connectivity index (χ0) is 29.4. The molecule has 1 saturated carbocycles. The number of nitrogens with one attached hydrogen (secondary N) is 2. The summed E-state index contributed by atoms with van der Waals surface area (Å²) in [5.74, 6) is -1.12. The Morgan fingerprint density at radius 2 is 1.70 bits per heavy atom. The molecule has 3 rings (SSSR count). The zero-order valence-electron chi connectivity index (χ0n) is 24.5. The number of benzene rings is 1. The molecule has 0 saturated heterocycles. The van der Waals surface area contributed by atoms with E-state index in [1.807, 2.05) is 65.0 Å². The number of nitrogens with zero attached hydrogens (tertiary/aromatic N) is 1. The number of ether oxygens (including phenoxy) is 1. The van der Waals surface area contributed by atoms with Gasteiger partial charge in [-0.15, -0.1) is 0 Å². The van der Waals surface area contributed by atoms with Gasteiger partial charge in [0.15, 0.2) is 17.3 Å². The predicted octanol–water partition coefficient (Wildman–Crippen LogP) is 4.26.